The highest BCUT2D eigenvalue weighted by atomic mass is 32.2. The van der Waals surface area contributed by atoms with Crippen LogP contribution in [0.3, 0.4) is 0 Å². The van der Waals surface area contributed by atoms with Crippen LogP contribution < -0.4 is 0 Å². The summed E-state index contributed by atoms with van der Waals surface area (Å²) in [5, 5.41) is 18.4. The minimum absolute atomic E-state index is 0.469. The van der Waals surface area contributed by atoms with E-state index in [0.717, 1.165) is 12.2 Å². The van der Waals surface area contributed by atoms with E-state index in [9.17, 15) is 18.6 Å². The van der Waals surface area contributed by atoms with Gasteiger partial charge in [-0.3, -0.25) is 0 Å². The molecule has 0 aliphatic carbocycles. The summed E-state index contributed by atoms with van der Waals surface area (Å²) in [7, 11) is -3.99. The Kier molecular flexibility index (Phi) is 4.67. The molecule has 0 amide bonds. The van der Waals surface area contributed by atoms with Gasteiger partial charge in [-0.15, -0.1) is 13.2 Å². The summed E-state index contributed by atoms with van der Waals surface area (Å²) < 4.78 is 23.2. The van der Waals surface area contributed by atoms with Gasteiger partial charge in [-0.1, -0.05) is 25.3 Å². The van der Waals surface area contributed by atoms with E-state index in [-0.39, 0.29) is 0 Å². The quantitative estimate of drug-likeness (QED) is 0.652. The molecule has 0 aromatic carbocycles. The monoisotopic (exact) mass is 230 g/mol. The maximum atomic E-state index is 11.6. The van der Waals surface area contributed by atoms with Crippen LogP contribution in [0.2, 0.25) is 0 Å². The van der Waals surface area contributed by atoms with Crippen molar-refractivity contribution < 1.29 is 18.6 Å². The van der Waals surface area contributed by atoms with Gasteiger partial charge < -0.3 is 10.2 Å². The average molecular weight is 230 g/mol. The lowest BCUT2D eigenvalue weighted by Crippen LogP contribution is -2.21. The molecule has 0 spiro atoms. The van der Waals surface area contributed by atoms with Crippen molar-refractivity contribution in [1.82, 2.24) is 0 Å². The Balaban J connectivity index is 5.16. The van der Waals surface area contributed by atoms with Crippen molar-refractivity contribution in [1.29, 1.82) is 0 Å². The van der Waals surface area contributed by atoms with Crippen molar-refractivity contribution in [2.75, 3.05) is 0 Å². The van der Waals surface area contributed by atoms with Crippen molar-refractivity contribution in [3.63, 3.8) is 0 Å². The Hall–Kier alpha value is -1.17. The molecule has 2 atom stereocenters. The molecule has 0 saturated carbocycles. The van der Waals surface area contributed by atoms with Crippen molar-refractivity contribution in [3.05, 3.63) is 48.3 Å². The molecule has 5 heteroatoms. The Morgan fingerprint density at radius 2 is 1.27 bits per heavy atom. The first kappa shape index (κ1) is 13.8. The van der Waals surface area contributed by atoms with E-state index < -0.39 is 31.9 Å². The van der Waals surface area contributed by atoms with E-state index in [0.29, 0.717) is 0 Å². The van der Waals surface area contributed by atoms with Gasteiger partial charge in [0, 0.05) is 0 Å². The first-order valence-corrected chi connectivity index (χ1v) is 5.51. The molecule has 0 bridgehead atoms. The maximum absolute atomic E-state index is 11.6. The summed E-state index contributed by atoms with van der Waals surface area (Å²) in [6, 6.07) is 0. The summed E-state index contributed by atoms with van der Waals surface area (Å²) in [6.45, 7) is 12.9. The van der Waals surface area contributed by atoms with Gasteiger partial charge in [0.05, 0.1) is 9.81 Å². The predicted molar refractivity (Wildman–Crippen MR) is 59.6 cm³/mol. The van der Waals surface area contributed by atoms with Crippen LogP contribution in [0.15, 0.2) is 48.3 Å². The van der Waals surface area contributed by atoms with Gasteiger partial charge in [0.15, 0.2) is 0 Å². The molecule has 2 N–H and O–H groups in total. The highest BCUT2D eigenvalue weighted by molar-refractivity contribution is 7.99. The number of hydrogen-bond donors (Lipinski definition) is 2. The molecule has 0 rings (SSSR count). The molecule has 0 radical (unpaired) electrons. The van der Waals surface area contributed by atoms with Gasteiger partial charge in [-0.2, -0.15) is 0 Å². The SMILES string of the molecule is C=CC(O)C(=C)S(=O)(=O)C(=C)C(O)C=C. The van der Waals surface area contributed by atoms with Gasteiger partial charge in [0.1, 0.15) is 12.2 Å². The first-order valence-electron chi connectivity index (χ1n) is 4.03. The third-order valence-electron chi connectivity index (χ3n) is 1.80. The lowest BCUT2D eigenvalue weighted by molar-refractivity contribution is 0.262. The van der Waals surface area contributed by atoms with Crippen molar-refractivity contribution in [2.45, 2.75) is 12.2 Å². The number of aliphatic hydroxyl groups is 2. The van der Waals surface area contributed by atoms with Gasteiger partial charge in [-0.05, 0) is 0 Å². The number of sulfone groups is 1. The number of hydrogen-bond acceptors (Lipinski definition) is 4. The second-order valence-corrected chi connectivity index (χ2v) is 4.85. The summed E-state index contributed by atoms with van der Waals surface area (Å²) in [5.74, 6) is 0. The summed E-state index contributed by atoms with van der Waals surface area (Å²) in [6.07, 6.45) is -0.728. The second kappa shape index (κ2) is 5.06. The van der Waals surface area contributed by atoms with E-state index in [2.05, 4.69) is 26.3 Å². The third kappa shape index (κ3) is 2.89. The Bertz CT molecular complexity index is 360. The molecule has 0 aliphatic rings. The molecule has 0 aliphatic heterocycles. The fourth-order valence-corrected chi connectivity index (χ4v) is 1.91. The lowest BCUT2D eigenvalue weighted by Gasteiger charge is -2.14. The van der Waals surface area contributed by atoms with Crippen LogP contribution in [0.4, 0.5) is 0 Å². The van der Waals surface area contributed by atoms with E-state index in [4.69, 9.17) is 0 Å². The van der Waals surface area contributed by atoms with E-state index >= 15 is 0 Å². The molecule has 0 saturated heterocycles. The fraction of sp³-hybridized carbons (Fsp3) is 0.200. The molecule has 0 aromatic heterocycles. The van der Waals surface area contributed by atoms with Crippen LogP contribution in [-0.2, 0) is 9.84 Å². The van der Waals surface area contributed by atoms with Crippen LogP contribution in [0.1, 0.15) is 0 Å². The smallest absolute Gasteiger partial charge is 0.203 e. The minimum Gasteiger partial charge on any atom is -0.384 e. The molecule has 2 unspecified atom stereocenters. The Morgan fingerprint density at radius 1 is 1.00 bits per heavy atom. The zero-order chi connectivity index (χ0) is 12.2. The Morgan fingerprint density at radius 3 is 1.47 bits per heavy atom. The average Bonchev–Trinajstić information content (AvgIpc) is 2.24. The molecule has 0 aromatic rings. The normalized spacial score (nSPS) is 15.1. The lowest BCUT2D eigenvalue weighted by atomic mass is 10.3. The van der Waals surface area contributed by atoms with Gasteiger partial charge in [0.25, 0.3) is 0 Å². The summed E-state index contributed by atoms with van der Waals surface area (Å²) in [5.41, 5.74) is 0. The second-order valence-electron chi connectivity index (χ2n) is 2.80. The highest BCUT2D eigenvalue weighted by Gasteiger charge is 2.27. The number of rotatable bonds is 6. The highest BCUT2D eigenvalue weighted by Crippen LogP contribution is 2.21. The van der Waals surface area contributed by atoms with Crippen LogP contribution in [0.5, 0.6) is 0 Å². The molecule has 0 heterocycles. The standard InChI is InChI=1S/C10H14O4S/c1-5-9(11)7(3)15(13,14)8(4)10(12)6-2/h5-6,9-12H,1-4H2. The fourth-order valence-electron chi connectivity index (χ4n) is 0.749. The molecule has 84 valence electrons. The van der Waals surface area contributed by atoms with Crippen LogP contribution in [0, 0.1) is 0 Å². The van der Waals surface area contributed by atoms with Crippen LogP contribution in [0.25, 0.3) is 0 Å². The largest absolute Gasteiger partial charge is 0.384 e. The van der Waals surface area contributed by atoms with Gasteiger partial charge >= 0.3 is 0 Å². The van der Waals surface area contributed by atoms with E-state index in [1.807, 2.05) is 0 Å². The zero-order valence-corrected chi connectivity index (χ0v) is 9.07. The maximum Gasteiger partial charge on any atom is 0.203 e. The van der Waals surface area contributed by atoms with Crippen molar-refractivity contribution >= 4 is 9.84 Å². The third-order valence-corrected chi connectivity index (χ3v) is 3.66. The van der Waals surface area contributed by atoms with Crippen molar-refractivity contribution in [2.24, 2.45) is 0 Å². The van der Waals surface area contributed by atoms with E-state index in [1.165, 1.54) is 0 Å². The Labute approximate surface area is 89.5 Å². The van der Waals surface area contributed by atoms with Crippen LogP contribution >= 0.6 is 0 Å². The minimum atomic E-state index is -3.99. The molecular weight excluding hydrogens is 216 g/mol. The van der Waals surface area contributed by atoms with E-state index in [1.54, 1.807) is 0 Å². The zero-order valence-electron chi connectivity index (χ0n) is 8.26. The van der Waals surface area contributed by atoms with Gasteiger partial charge in [-0.25, -0.2) is 8.42 Å². The van der Waals surface area contributed by atoms with Gasteiger partial charge in [0.2, 0.25) is 9.84 Å². The van der Waals surface area contributed by atoms with Crippen LogP contribution in [-0.4, -0.2) is 30.8 Å². The molecule has 0 fully saturated rings. The predicted octanol–water partition coefficient (Wildman–Crippen LogP) is 0.522. The summed E-state index contributed by atoms with van der Waals surface area (Å²) in [4.78, 5) is -0.938. The first-order chi connectivity index (χ1) is 6.78. The number of aliphatic hydroxyl groups excluding tert-OH is 2. The topological polar surface area (TPSA) is 74.6 Å². The molecular formula is C10H14O4S. The molecule has 15 heavy (non-hydrogen) atoms. The van der Waals surface area contributed by atoms with Crippen molar-refractivity contribution in [3.8, 4) is 0 Å². The summed E-state index contributed by atoms with van der Waals surface area (Å²) >= 11 is 0. The molecule has 4 nitrogen and oxygen atoms in total.